The van der Waals surface area contributed by atoms with E-state index in [0.717, 1.165) is 29.1 Å². The number of thiophene rings is 1. The van der Waals surface area contributed by atoms with E-state index >= 15 is 0 Å². The van der Waals surface area contributed by atoms with Crippen molar-refractivity contribution in [3.8, 4) is 67.8 Å². The number of isothiocyanates is 1. The Hall–Kier alpha value is -6.45. The molecule has 300 valence electrons. The maximum absolute atomic E-state index is 11.2. The topological polar surface area (TPSA) is 209 Å². The molecular formula is C41H35N9O6RuS2. The second-order valence-electron chi connectivity index (χ2n) is 12.6. The van der Waals surface area contributed by atoms with Crippen LogP contribution in [0.15, 0.2) is 91.4 Å². The number of aromatic nitrogens is 8. The minimum absolute atomic E-state index is 0. The largest absolute Gasteiger partial charge is 2.00 e. The Morgan fingerprint density at radius 1 is 0.898 bits per heavy atom. The predicted molar refractivity (Wildman–Crippen MR) is 221 cm³/mol. The van der Waals surface area contributed by atoms with Gasteiger partial charge in [0.05, 0.1) is 39.9 Å². The molecule has 15 nitrogen and oxygen atoms in total. The van der Waals surface area contributed by atoms with E-state index in [4.69, 9.17) is 20.0 Å². The van der Waals surface area contributed by atoms with Gasteiger partial charge in [0.25, 0.3) is 12.9 Å². The van der Waals surface area contributed by atoms with Gasteiger partial charge in [-0.15, -0.1) is 11.3 Å². The third-order valence-electron chi connectivity index (χ3n) is 8.14. The molecule has 0 amide bonds. The Morgan fingerprint density at radius 2 is 1.56 bits per heavy atom. The molecule has 0 bridgehead atoms. The molecule has 7 aromatic heterocycles. The maximum atomic E-state index is 11.2. The Labute approximate surface area is 361 Å². The first-order chi connectivity index (χ1) is 28.1. The van der Waals surface area contributed by atoms with Crippen LogP contribution in [0.5, 0.6) is 11.5 Å². The van der Waals surface area contributed by atoms with Gasteiger partial charge in [0.15, 0.2) is 0 Å². The van der Waals surface area contributed by atoms with E-state index in [9.17, 15) is 14.4 Å². The van der Waals surface area contributed by atoms with Crippen LogP contribution in [0.3, 0.4) is 0 Å². The number of pyridine rings is 4. The van der Waals surface area contributed by atoms with Crippen molar-refractivity contribution < 1.29 is 48.4 Å². The van der Waals surface area contributed by atoms with E-state index < -0.39 is 5.97 Å². The molecule has 0 aliphatic heterocycles. The molecule has 0 fully saturated rings. The second kappa shape index (κ2) is 21.9. The van der Waals surface area contributed by atoms with Crippen LogP contribution in [0.2, 0.25) is 0 Å². The van der Waals surface area contributed by atoms with Crippen LogP contribution < -0.4 is 14.6 Å². The summed E-state index contributed by atoms with van der Waals surface area (Å²) in [7, 11) is 0. The molecule has 0 unspecified atom stereocenters. The summed E-state index contributed by atoms with van der Waals surface area (Å²) < 4.78 is 12.1. The molecule has 0 aromatic carbocycles. The SMILES string of the molecule is CCn1c(CC(C)C)ccc1-c1ccc(-c2nc(-c3ccc(C)s3)n[n-]2)nc1.O=COc1ccnc(-c2cc(OC=O)cc(-c3cc(C(=O)O)ccn3)n2)c1.[N-]=C=S.[Ru+2]. The molecule has 18 heteroatoms. The zero-order chi connectivity index (χ0) is 41.6. The quantitative estimate of drug-likeness (QED) is 0.0506. The van der Waals surface area contributed by atoms with Crippen molar-refractivity contribution in [1.82, 2.24) is 39.7 Å². The van der Waals surface area contributed by atoms with Crippen molar-refractivity contribution in [1.29, 1.82) is 0 Å². The Balaban J connectivity index is 0.000000241. The van der Waals surface area contributed by atoms with Crippen molar-refractivity contribution in [3.05, 3.63) is 113 Å². The Bertz CT molecular complexity index is 2550. The molecule has 0 radical (unpaired) electrons. The molecule has 59 heavy (non-hydrogen) atoms. The minimum atomic E-state index is -1.11. The number of hydrogen-bond donors (Lipinski definition) is 1. The fourth-order valence-electron chi connectivity index (χ4n) is 5.69. The molecule has 7 aromatic rings. The monoisotopic (exact) mass is 915 g/mol. The van der Waals surface area contributed by atoms with E-state index in [2.05, 4.69) is 104 Å². The van der Waals surface area contributed by atoms with Crippen molar-refractivity contribution in [2.45, 2.75) is 40.7 Å². The molecule has 7 rings (SSSR count). The van der Waals surface area contributed by atoms with Gasteiger partial charge in [-0.2, -0.15) is 5.16 Å². The van der Waals surface area contributed by atoms with Crippen molar-refractivity contribution in [2.75, 3.05) is 0 Å². The van der Waals surface area contributed by atoms with E-state index in [0.29, 0.717) is 29.0 Å². The molecule has 0 saturated heterocycles. The van der Waals surface area contributed by atoms with Crippen molar-refractivity contribution in [2.24, 2.45) is 5.92 Å². The number of aryl methyl sites for hydroxylation is 1. The summed E-state index contributed by atoms with van der Waals surface area (Å²) in [5.41, 5.74) is 5.66. The number of hydrogen-bond acceptors (Lipinski definition) is 13. The summed E-state index contributed by atoms with van der Waals surface area (Å²) in [4.78, 5) is 56.5. The summed E-state index contributed by atoms with van der Waals surface area (Å²) in [5.74, 6) is 1.18. The first-order valence-electron chi connectivity index (χ1n) is 17.6. The summed E-state index contributed by atoms with van der Waals surface area (Å²) in [5, 5.41) is 26.0. The Kier molecular flexibility index (Phi) is 16.8. The third-order valence-corrected chi connectivity index (χ3v) is 9.13. The van der Waals surface area contributed by atoms with Crippen LogP contribution >= 0.6 is 23.6 Å². The van der Waals surface area contributed by atoms with Crippen LogP contribution in [0.4, 0.5) is 0 Å². The molecular weight excluding hydrogens is 880 g/mol. The van der Waals surface area contributed by atoms with Gasteiger partial charge in [-0.25, -0.2) is 9.78 Å². The van der Waals surface area contributed by atoms with Crippen molar-refractivity contribution in [3.63, 3.8) is 0 Å². The van der Waals surface area contributed by atoms with Gasteiger partial charge in [0.1, 0.15) is 11.5 Å². The standard InChI is InChI=1S/C22H24N5S.C18H11N3O6.CNS.Ru/c1-5-27-17(12-14(2)3)8-10-19(27)16-7-9-18(23-13-16)21-24-22(26-25-21)20-11-6-15(4)28-20;22-9-26-12-2-4-20-15(6-12)17-8-13(27-10-23)7-16(21-17)14-5-11(18(24)25)1-3-19-14;2-1-3;/h6-11,13-14H,5,12H2,1-4H3;1-10H,(H,24,25);;/q-1;;-1;+2. The van der Waals surface area contributed by atoms with E-state index in [1.54, 1.807) is 11.3 Å². The average Bonchev–Trinajstić information content (AvgIpc) is 3.99. The van der Waals surface area contributed by atoms with Gasteiger partial charge in [-0.3, -0.25) is 29.6 Å². The number of carboxylic acids is 1. The molecule has 7 heterocycles. The zero-order valence-corrected chi connectivity index (χ0v) is 35.4. The first-order valence-corrected chi connectivity index (χ1v) is 18.8. The summed E-state index contributed by atoms with van der Waals surface area (Å²) >= 11 is 5.37. The molecule has 0 aliphatic carbocycles. The third kappa shape index (κ3) is 12.0. The van der Waals surface area contributed by atoms with Crippen LogP contribution in [-0.2, 0) is 42.0 Å². The number of aromatic carboxylic acids is 1. The number of carboxylic acid groups (broad SMARTS) is 1. The van der Waals surface area contributed by atoms with Crippen LogP contribution in [-0.4, -0.2) is 63.8 Å². The predicted octanol–water partition coefficient (Wildman–Crippen LogP) is 7.85. The molecule has 0 spiro atoms. The van der Waals surface area contributed by atoms with Crippen molar-refractivity contribution >= 4 is 47.6 Å². The molecule has 0 saturated carbocycles. The number of thiocarbonyl (C=S) groups is 1. The number of rotatable bonds is 13. The van der Waals surface area contributed by atoms with Crippen LogP contribution in [0.25, 0.3) is 61.7 Å². The van der Waals surface area contributed by atoms with Gasteiger partial charge in [0, 0.05) is 70.0 Å². The summed E-state index contributed by atoms with van der Waals surface area (Å²) in [6.07, 6.45) is 5.74. The number of nitrogens with zero attached hydrogens (tertiary/aromatic N) is 9. The fraction of sp³-hybridized carbons (Fsp3) is 0.171. The van der Waals surface area contributed by atoms with E-state index in [1.165, 1.54) is 70.2 Å². The Morgan fingerprint density at radius 3 is 2.15 bits per heavy atom. The van der Waals surface area contributed by atoms with E-state index in [-0.39, 0.29) is 60.9 Å². The molecule has 0 atom stereocenters. The summed E-state index contributed by atoms with van der Waals surface area (Å²) in [6.45, 7) is 10.3. The van der Waals surface area contributed by atoms with E-state index in [1.807, 2.05) is 18.3 Å². The smallest absolute Gasteiger partial charge is 0.753 e. The fourth-order valence-corrected chi connectivity index (χ4v) is 6.49. The van der Waals surface area contributed by atoms with Gasteiger partial charge < -0.3 is 34.6 Å². The summed E-state index contributed by atoms with van der Waals surface area (Å²) in [6, 6.07) is 21.2. The number of ether oxygens (including phenoxy) is 2. The molecule has 0 aliphatic rings. The van der Waals surface area contributed by atoms with Gasteiger partial charge in [0.2, 0.25) is 0 Å². The normalized spacial score (nSPS) is 10.2. The van der Waals surface area contributed by atoms with Gasteiger partial charge in [-0.05, 0) is 86.6 Å². The van der Waals surface area contributed by atoms with Crippen LogP contribution in [0, 0.1) is 12.8 Å². The zero-order valence-electron chi connectivity index (χ0n) is 32.0. The minimum Gasteiger partial charge on any atom is -0.753 e. The first kappa shape index (κ1) is 45.3. The molecule has 1 N–H and O–H groups in total. The maximum Gasteiger partial charge on any atom is 2.00 e. The number of carbonyl (C=O) groups excluding carboxylic acids is 2. The second-order valence-corrected chi connectivity index (χ2v) is 14.0. The average molecular weight is 915 g/mol. The van der Waals surface area contributed by atoms with Gasteiger partial charge >= 0.3 is 25.4 Å². The number of carbonyl (C=O) groups is 3. The van der Waals surface area contributed by atoms with Crippen LogP contribution in [0.1, 0.15) is 41.7 Å². The van der Waals surface area contributed by atoms with Gasteiger partial charge in [-0.1, -0.05) is 26.1 Å².